The monoisotopic (exact) mass is 248 g/mol. The summed E-state index contributed by atoms with van der Waals surface area (Å²) in [6.07, 6.45) is -1.60. The van der Waals surface area contributed by atoms with Crippen LogP contribution in [0.3, 0.4) is 0 Å². The molecule has 0 aromatic carbocycles. The van der Waals surface area contributed by atoms with E-state index in [0.717, 1.165) is 0 Å². The second-order valence-electron chi connectivity index (χ2n) is 3.39. The summed E-state index contributed by atoms with van der Waals surface area (Å²) in [6, 6.07) is -1.18. The largest absolute Gasteiger partial charge is 0.461 e. The van der Waals surface area contributed by atoms with Gasteiger partial charge in [-0.2, -0.15) is 0 Å². The van der Waals surface area contributed by atoms with Gasteiger partial charge in [-0.25, -0.2) is 4.79 Å². The highest BCUT2D eigenvalue weighted by atomic mass is 16.5. The van der Waals surface area contributed by atoms with Crippen molar-refractivity contribution in [2.45, 2.75) is 25.5 Å². The lowest BCUT2D eigenvalue weighted by atomic mass is 10.2. The Hall–Kier alpha value is -1.67. The van der Waals surface area contributed by atoms with Crippen molar-refractivity contribution in [2.24, 2.45) is 5.73 Å². The summed E-state index contributed by atoms with van der Waals surface area (Å²) in [5.41, 5.74) is 4.90. The standard InChI is InChI=1S/C9H16N2O6/c1-5(13)11-7(2-8(10)15)9(16)17-4-6(14)3-12/h6-7,12,14H,2-4H2,1H3,(H2,10,15)(H,11,13)/t6-,7+/m1/s1. The molecule has 0 aliphatic carbocycles. The van der Waals surface area contributed by atoms with Crippen molar-refractivity contribution < 1.29 is 29.3 Å². The molecule has 0 aromatic rings. The van der Waals surface area contributed by atoms with Gasteiger partial charge in [0.15, 0.2) is 0 Å². The summed E-state index contributed by atoms with van der Waals surface area (Å²) in [7, 11) is 0. The first kappa shape index (κ1) is 15.3. The van der Waals surface area contributed by atoms with Gasteiger partial charge >= 0.3 is 5.97 Å². The zero-order valence-electron chi connectivity index (χ0n) is 9.38. The first-order valence-corrected chi connectivity index (χ1v) is 4.87. The van der Waals surface area contributed by atoms with Gasteiger partial charge in [0.2, 0.25) is 11.8 Å². The third-order valence-corrected chi connectivity index (χ3v) is 1.70. The van der Waals surface area contributed by atoms with Crippen LogP contribution in [0.2, 0.25) is 0 Å². The van der Waals surface area contributed by atoms with Gasteiger partial charge in [-0.1, -0.05) is 0 Å². The Kier molecular flexibility index (Phi) is 6.83. The number of nitrogens with one attached hydrogen (secondary N) is 1. The predicted molar refractivity (Wildman–Crippen MR) is 55.5 cm³/mol. The SMILES string of the molecule is CC(=O)N[C@@H](CC(N)=O)C(=O)OC[C@H](O)CO. The van der Waals surface area contributed by atoms with E-state index < -0.39 is 49.6 Å². The third kappa shape index (κ3) is 7.25. The van der Waals surface area contributed by atoms with Crippen LogP contribution in [0.4, 0.5) is 0 Å². The Morgan fingerprint density at radius 3 is 2.41 bits per heavy atom. The molecule has 8 nitrogen and oxygen atoms in total. The molecule has 2 atom stereocenters. The van der Waals surface area contributed by atoms with Crippen molar-refractivity contribution in [1.29, 1.82) is 0 Å². The van der Waals surface area contributed by atoms with Gasteiger partial charge in [-0.15, -0.1) is 0 Å². The molecule has 0 fully saturated rings. The highest BCUT2D eigenvalue weighted by molar-refractivity contribution is 5.88. The smallest absolute Gasteiger partial charge is 0.329 e. The van der Waals surface area contributed by atoms with Crippen LogP contribution in [-0.4, -0.2) is 53.4 Å². The molecule has 0 heterocycles. The van der Waals surface area contributed by atoms with E-state index in [2.05, 4.69) is 10.1 Å². The van der Waals surface area contributed by atoms with Crippen LogP contribution in [0.1, 0.15) is 13.3 Å². The number of carbonyl (C=O) groups is 3. The highest BCUT2D eigenvalue weighted by Gasteiger charge is 2.23. The number of rotatable bonds is 7. The number of esters is 1. The molecule has 0 aromatic heterocycles. The summed E-state index contributed by atoms with van der Waals surface area (Å²) >= 11 is 0. The lowest BCUT2D eigenvalue weighted by molar-refractivity contribution is -0.152. The van der Waals surface area contributed by atoms with Gasteiger partial charge in [0.05, 0.1) is 13.0 Å². The van der Waals surface area contributed by atoms with E-state index in [9.17, 15) is 14.4 Å². The molecule has 0 aliphatic heterocycles. The molecular weight excluding hydrogens is 232 g/mol. The molecule has 0 bridgehead atoms. The Morgan fingerprint density at radius 1 is 1.41 bits per heavy atom. The van der Waals surface area contributed by atoms with E-state index in [0.29, 0.717) is 0 Å². The number of hydrogen-bond donors (Lipinski definition) is 4. The molecule has 5 N–H and O–H groups in total. The summed E-state index contributed by atoms with van der Waals surface area (Å²) < 4.78 is 4.59. The van der Waals surface area contributed by atoms with E-state index in [-0.39, 0.29) is 0 Å². The summed E-state index contributed by atoms with van der Waals surface area (Å²) in [5, 5.41) is 19.6. The number of nitrogens with two attached hydrogens (primary N) is 1. The number of aliphatic hydroxyl groups is 2. The zero-order valence-corrected chi connectivity index (χ0v) is 9.38. The lowest BCUT2D eigenvalue weighted by Crippen LogP contribution is -2.44. The van der Waals surface area contributed by atoms with Crippen molar-refractivity contribution in [3.63, 3.8) is 0 Å². The maximum Gasteiger partial charge on any atom is 0.329 e. The highest BCUT2D eigenvalue weighted by Crippen LogP contribution is 1.97. The van der Waals surface area contributed by atoms with Crippen LogP contribution in [-0.2, 0) is 19.1 Å². The maximum atomic E-state index is 11.4. The minimum absolute atomic E-state index is 0.395. The molecule has 98 valence electrons. The molecule has 17 heavy (non-hydrogen) atoms. The predicted octanol–water partition coefficient (Wildman–Crippen LogP) is -2.74. The maximum absolute atomic E-state index is 11.4. The van der Waals surface area contributed by atoms with Crippen molar-refractivity contribution in [3.8, 4) is 0 Å². The third-order valence-electron chi connectivity index (χ3n) is 1.70. The molecule has 0 aliphatic rings. The molecule has 0 radical (unpaired) electrons. The van der Waals surface area contributed by atoms with E-state index in [1.165, 1.54) is 6.92 Å². The van der Waals surface area contributed by atoms with Crippen molar-refractivity contribution >= 4 is 17.8 Å². The molecule has 0 saturated heterocycles. The van der Waals surface area contributed by atoms with Crippen LogP contribution < -0.4 is 11.1 Å². The van der Waals surface area contributed by atoms with Crippen LogP contribution in [0.5, 0.6) is 0 Å². The van der Waals surface area contributed by atoms with Crippen LogP contribution in [0, 0.1) is 0 Å². The van der Waals surface area contributed by atoms with Gasteiger partial charge < -0.3 is 26.0 Å². The van der Waals surface area contributed by atoms with Crippen molar-refractivity contribution in [3.05, 3.63) is 0 Å². The van der Waals surface area contributed by atoms with Crippen LogP contribution in [0.25, 0.3) is 0 Å². The lowest BCUT2D eigenvalue weighted by Gasteiger charge is -2.16. The average Bonchev–Trinajstić information content (AvgIpc) is 2.23. The van der Waals surface area contributed by atoms with Crippen molar-refractivity contribution in [2.75, 3.05) is 13.2 Å². The number of primary amides is 1. The van der Waals surface area contributed by atoms with E-state index >= 15 is 0 Å². The summed E-state index contributed by atoms with van der Waals surface area (Å²) in [4.78, 5) is 32.8. The number of ether oxygens (including phenoxy) is 1. The normalized spacial score (nSPS) is 13.6. The quantitative estimate of drug-likeness (QED) is 0.360. The molecule has 2 amide bonds. The Bertz CT molecular complexity index is 277. The number of amides is 2. The molecule has 0 spiro atoms. The molecule has 0 unspecified atom stereocenters. The van der Waals surface area contributed by atoms with E-state index in [4.69, 9.17) is 15.9 Å². The molecule has 8 heteroatoms. The van der Waals surface area contributed by atoms with E-state index in [1.54, 1.807) is 0 Å². The fourth-order valence-corrected chi connectivity index (χ4v) is 0.971. The number of hydrogen-bond acceptors (Lipinski definition) is 6. The Balaban J connectivity index is 4.31. The zero-order chi connectivity index (χ0) is 13.4. The second kappa shape index (κ2) is 7.58. The fraction of sp³-hybridized carbons (Fsp3) is 0.667. The van der Waals surface area contributed by atoms with Gasteiger partial charge in [0.25, 0.3) is 0 Å². The van der Waals surface area contributed by atoms with Crippen LogP contribution >= 0.6 is 0 Å². The van der Waals surface area contributed by atoms with Gasteiger partial charge in [-0.3, -0.25) is 9.59 Å². The molecule has 0 saturated carbocycles. The Morgan fingerprint density at radius 2 is 2.00 bits per heavy atom. The van der Waals surface area contributed by atoms with E-state index in [1.807, 2.05) is 0 Å². The number of aliphatic hydroxyl groups excluding tert-OH is 2. The fourth-order valence-electron chi connectivity index (χ4n) is 0.971. The van der Waals surface area contributed by atoms with Crippen molar-refractivity contribution in [1.82, 2.24) is 5.32 Å². The van der Waals surface area contributed by atoms with Gasteiger partial charge in [-0.05, 0) is 0 Å². The second-order valence-corrected chi connectivity index (χ2v) is 3.39. The number of carbonyl (C=O) groups excluding carboxylic acids is 3. The first-order valence-electron chi connectivity index (χ1n) is 4.87. The minimum Gasteiger partial charge on any atom is -0.461 e. The topological polar surface area (TPSA) is 139 Å². The van der Waals surface area contributed by atoms with Gasteiger partial charge in [0.1, 0.15) is 18.8 Å². The minimum atomic E-state index is -1.20. The summed E-state index contributed by atoms with van der Waals surface area (Å²) in [5.74, 6) is -2.19. The molecule has 0 rings (SSSR count). The Labute approximate surface area is 97.7 Å². The average molecular weight is 248 g/mol. The van der Waals surface area contributed by atoms with Crippen LogP contribution in [0.15, 0.2) is 0 Å². The van der Waals surface area contributed by atoms with Gasteiger partial charge in [0, 0.05) is 6.92 Å². The summed E-state index contributed by atoms with van der Waals surface area (Å²) in [6.45, 7) is 0.182. The molecular formula is C9H16N2O6. The first-order chi connectivity index (χ1) is 7.86.